The van der Waals surface area contributed by atoms with Crippen LogP contribution in [-0.2, 0) is 0 Å². The van der Waals surface area contributed by atoms with Gasteiger partial charge in [-0.05, 0) is 106 Å². The summed E-state index contributed by atoms with van der Waals surface area (Å²) in [4.78, 5) is 2.76. The van der Waals surface area contributed by atoms with Crippen molar-refractivity contribution >= 4 is 11.3 Å². The summed E-state index contributed by atoms with van der Waals surface area (Å²) in [5, 5.41) is 0. The van der Waals surface area contributed by atoms with Gasteiger partial charge in [-0.1, -0.05) is 140 Å². The summed E-state index contributed by atoms with van der Waals surface area (Å²) in [6, 6.07) is 38.7. The number of hydrogen-bond acceptors (Lipinski definition) is 1. The molecular formula is C48H41N. The minimum absolute atomic E-state index is 0.363. The van der Waals surface area contributed by atoms with E-state index in [1.165, 1.54) is 62.3 Å². The Morgan fingerprint density at radius 1 is 0.571 bits per heavy atom. The van der Waals surface area contributed by atoms with E-state index < -0.39 is 0 Å². The summed E-state index contributed by atoms with van der Waals surface area (Å²) < 4.78 is 0. The van der Waals surface area contributed by atoms with Gasteiger partial charge in [0.15, 0.2) is 0 Å². The fourth-order valence-electron chi connectivity index (χ4n) is 9.67. The molecule has 5 atom stereocenters. The molecule has 1 heterocycles. The van der Waals surface area contributed by atoms with Crippen LogP contribution < -0.4 is 4.90 Å². The number of rotatable bonds is 4. The Hall–Kier alpha value is -5.14. The number of hydrogen-bond donors (Lipinski definition) is 0. The van der Waals surface area contributed by atoms with E-state index >= 15 is 0 Å². The molecule has 6 aliphatic rings. The zero-order valence-corrected chi connectivity index (χ0v) is 27.9. The molecule has 10 rings (SSSR count). The van der Waals surface area contributed by atoms with Gasteiger partial charge in [-0.15, -0.1) is 0 Å². The number of nitrogens with zero attached hydrogens (tertiary/aromatic N) is 1. The Kier molecular flexibility index (Phi) is 6.93. The Morgan fingerprint density at radius 3 is 2.12 bits per heavy atom. The summed E-state index contributed by atoms with van der Waals surface area (Å²) in [5.74, 6) is 1.63. The first-order chi connectivity index (χ1) is 24.3. The fourth-order valence-corrected chi connectivity index (χ4v) is 9.67. The lowest BCUT2D eigenvalue weighted by Crippen LogP contribution is -2.35. The number of benzene rings is 4. The van der Waals surface area contributed by atoms with Gasteiger partial charge in [0, 0.05) is 41.1 Å². The Morgan fingerprint density at radius 2 is 1.33 bits per heavy atom. The monoisotopic (exact) mass is 631 g/mol. The highest BCUT2D eigenvalue weighted by Gasteiger charge is 2.43. The van der Waals surface area contributed by atoms with Gasteiger partial charge >= 0.3 is 0 Å². The molecule has 4 aromatic rings. The quantitative estimate of drug-likeness (QED) is 0.203. The molecule has 0 bridgehead atoms. The molecule has 0 amide bonds. The van der Waals surface area contributed by atoms with Gasteiger partial charge in [-0.2, -0.15) is 0 Å². The van der Waals surface area contributed by atoms with Crippen LogP contribution in [0, 0.1) is 17.8 Å². The van der Waals surface area contributed by atoms with Gasteiger partial charge in [0.1, 0.15) is 0 Å². The van der Waals surface area contributed by atoms with E-state index in [1.807, 2.05) is 0 Å². The number of fused-ring (bicyclic) bond motifs is 7. The minimum atomic E-state index is 0.363. The maximum atomic E-state index is 2.76. The normalized spacial score (nSPS) is 26.2. The van der Waals surface area contributed by atoms with Crippen LogP contribution in [0.25, 0.3) is 27.8 Å². The van der Waals surface area contributed by atoms with Gasteiger partial charge in [0.05, 0.1) is 0 Å². The summed E-state index contributed by atoms with van der Waals surface area (Å²) in [6.45, 7) is 0. The molecule has 4 aromatic carbocycles. The lowest BCUT2D eigenvalue weighted by Gasteiger charge is -2.38. The zero-order valence-electron chi connectivity index (χ0n) is 27.9. The summed E-state index contributed by atoms with van der Waals surface area (Å²) >= 11 is 0. The van der Waals surface area contributed by atoms with Crippen molar-refractivity contribution in [2.45, 2.75) is 44.1 Å². The van der Waals surface area contributed by atoms with Crippen molar-refractivity contribution in [1.29, 1.82) is 0 Å². The average Bonchev–Trinajstić information content (AvgIpc) is 3.52. The van der Waals surface area contributed by atoms with Crippen molar-refractivity contribution in [2.75, 3.05) is 4.90 Å². The van der Waals surface area contributed by atoms with Crippen molar-refractivity contribution in [2.24, 2.45) is 17.8 Å². The third-order valence-corrected chi connectivity index (χ3v) is 11.9. The second-order valence-corrected chi connectivity index (χ2v) is 14.6. The summed E-state index contributed by atoms with van der Waals surface area (Å²) in [7, 11) is 0. The zero-order chi connectivity index (χ0) is 32.3. The average molecular weight is 632 g/mol. The maximum Gasteiger partial charge on any atom is 0.0446 e. The van der Waals surface area contributed by atoms with E-state index in [1.54, 1.807) is 11.1 Å². The van der Waals surface area contributed by atoms with E-state index in [0.717, 1.165) is 25.7 Å². The first-order valence-electron chi connectivity index (χ1n) is 18.3. The third-order valence-electron chi connectivity index (χ3n) is 11.9. The topological polar surface area (TPSA) is 3.24 Å². The highest BCUT2D eigenvalue weighted by atomic mass is 15.2. The van der Waals surface area contributed by atoms with Crippen LogP contribution in [0.5, 0.6) is 0 Å². The van der Waals surface area contributed by atoms with Crippen LogP contribution in [0.3, 0.4) is 0 Å². The molecular weight excluding hydrogens is 591 g/mol. The molecule has 238 valence electrons. The number of allylic oxidation sites excluding steroid dienone is 12. The highest BCUT2D eigenvalue weighted by molar-refractivity contribution is 5.81. The van der Waals surface area contributed by atoms with Crippen LogP contribution >= 0.6 is 0 Å². The SMILES string of the molecule is C1=CC2=C(CC1)c1ccccc1[C@@H]1C=CC(C3C=CC4=C(C3)N(c3cc(-c5ccccc5)cc(-c5ccccc5)c3)C3CCC=CC43)=CC21. The lowest BCUT2D eigenvalue weighted by atomic mass is 9.66. The lowest BCUT2D eigenvalue weighted by molar-refractivity contribution is 0.523. The molecule has 0 saturated heterocycles. The van der Waals surface area contributed by atoms with Crippen molar-refractivity contribution in [3.05, 3.63) is 191 Å². The second-order valence-electron chi connectivity index (χ2n) is 14.6. The smallest absolute Gasteiger partial charge is 0.0446 e. The van der Waals surface area contributed by atoms with E-state index in [0.29, 0.717) is 29.7 Å². The van der Waals surface area contributed by atoms with Crippen molar-refractivity contribution in [3.63, 3.8) is 0 Å². The first-order valence-corrected chi connectivity index (χ1v) is 18.3. The molecule has 0 saturated carbocycles. The standard InChI is InChI=1S/C48H41N/c1-3-13-32(14-4-1)36-27-37(33-15-5-2-6-16-33)29-38(28-36)49-47-22-12-11-21-44(47)45-26-24-35(31-48(45)49)34-23-25-43-41-19-8-7-17-39(41)40-18-9-10-20-42(40)46(43)30-34/h1-8,10-11,13-17,19-21,23-30,35,43-44,46-47H,9,12,18,22,31H2/t35?,43-,44?,46?,47?/m0/s1. The van der Waals surface area contributed by atoms with Crippen LogP contribution in [-0.4, -0.2) is 6.04 Å². The van der Waals surface area contributed by atoms with Gasteiger partial charge in [0.2, 0.25) is 0 Å². The third kappa shape index (κ3) is 4.82. The van der Waals surface area contributed by atoms with E-state index in [-0.39, 0.29) is 0 Å². The maximum absolute atomic E-state index is 2.76. The molecule has 0 fully saturated rings. The van der Waals surface area contributed by atoms with Gasteiger partial charge in [-0.25, -0.2) is 0 Å². The molecule has 0 spiro atoms. The Labute approximate surface area is 290 Å². The minimum Gasteiger partial charge on any atom is -0.341 e. The van der Waals surface area contributed by atoms with Crippen molar-refractivity contribution in [1.82, 2.24) is 0 Å². The van der Waals surface area contributed by atoms with E-state index in [9.17, 15) is 0 Å². The van der Waals surface area contributed by atoms with E-state index in [4.69, 9.17) is 0 Å². The van der Waals surface area contributed by atoms with Crippen LogP contribution in [0.1, 0.15) is 49.1 Å². The fraction of sp³-hybridized carbons (Fsp3) is 0.208. The van der Waals surface area contributed by atoms with Crippen LogP contribution in [0.15, 0.2) is 180 Å². The van der Waals surface area contributed by atoms with Crippen molar-refractivity contribution in [3.8, 4) is 22.3 Å². The molecule has 0 radical (unpaired) electrons. The summed E-state index contributed by atoms with van der Waals surface area (Å²) in [5.41, 5.74) is 17.0. The molecule has 1 aliphatic heterocycles. The van der Waals surface area contributed by atoms with Crippen LogP contribution in [0.4, 0.5) is 5.69 Å². The van der Waals surface area contributed by atoms with Crippen LogP contribution in [0.2, 0.25) is 0 Å². The molecule has 0 N–H and O–H groups in total. The Bertz CT molecular complexity index is 2110. The highest BCUT2D eigenvalue weighted by Crippen LogP contribution is 2.52. The van der Waals surface area contributed by atoms with Crippen molar-refractivity contribution < 1.29 is 0 Å². The second kappa shape index (κ2) is 11.8. The molecule has 5 aliphatic carbocycles. The molecule has 0 aromatic heterocycles. The van der Waals surface area contributed by atoms with Gasteiger partial charge in [-0.3, -0.25) is 0 Å². The van der Waals surface area contributed by atoms with E-state index in [2.05, 4.69) is 163 Å². The first kappa shape index (κ1) is 28.8. The molecule has 1 heteroatoms. The Balaban J connectivity index is 1.05. The molecule has 4 unspecified atom stereocenters. The molecule has 49 heavy (non-hydrogen) atoms. The predicted molar refractivity (Wildman–Crippen MR) is 205 cm³/mol. The largest absolute Gasteiger partial charge is 0.341 e. The predicted octanol–water partition coefficient (Wildman–Crippen LogP) is 12.0. The van der Waals surface area contributed by atoms with Gasteiger partial charge < -0.3 is 4.90 Å². The number of anilines is 1. The van der Waals surface area contributed by atoms with Gasteiger partial charge in [0.25, 0.3) is 0 Å². The summed E-state index contributed by atoms with van der Waals surface area (Å²) in [6.07, 6.45) is 28.0. The molecule has 1 nitrogen and oxygen atoms in total.